The number of hydrogen-bond acceptors (Lipinski definition) is 2. The number of halogens is 1. The van der Waals surface area contributed by atoms with Gasteiger partial charge >= 0.3 is 0 Å². The van der Waals surface area contributed by atoms with Crippen LogP contribution in [0.4, 0.5) is 0 Å². The monoisotopic (exact) mass is 288 g/mol. The van der Waals surface area contributed by atoms with Crippen molar-refractivity contribution in [1.29, 1.82) is 0 Å². The summed E-state index contributed by atoms with van der Waals surface area (Å²) in [4.78, 5) is 0. The van der Waals surface area contributed by atoms with E-state index in [9.17, 15) is 0 Å². The molecule has 2 N–H and O–H groups in total. The average molecular weight is 289 g/mol. The normalized spacial score (nSPS) is 29.8. The minimum absolute atomic E-state index is 0. The Morgan fingerprint density at radius 3 is 2.26 bits per heavy atom. The first-order valence-corrected chi connectivity index (χ1v) is 8.01. The van der Waals surface area contributed by atoms with Crippen LogP contribution < -0.4 is 10.6 Å². The molecule has 2 nitrogen and oxygen atoms in total. The van der Waals surface area contributed by atoms with Gasteiger partial charge in [0.15, 0.2) is 0 Å². The van der Waals surface area contributed by atoms with Crippen molar-refractivity contribution >= 4 is 12.4 Å². The first kappa shape index (κ1) is 17.3. The largest absolute Gasteiger partial charge is 0.317 e. The fraction of sp³-hybridized carbons (Fsp3) is 1.00. The van der Waals surface area contributed by atoms with Crippen molar-refractivity contribution in [3.05, 3.63) is 0 Å². The van der Waals surface area contributed by atoms with Gasteiger partial charge in [0, 0.05) is 6.04 Å². The lowest BCUT2D eigenvalue weighted by atomic mass is 9.69. The summed E-state index contributed by atoms with van der Waals surface area (Å²) >= 11 is 0. The Morgan fingerprint density at radius 2 is 1.63 bits per heavy atom. The van der Waals surface area contributed by atoms with Crippen molar-refractivity contribution in [3.8, 4) is 0 Å². The minimum Gasteiger partial charge on any atom is -0.317 e. The van der Waals surface area contributed by atoms with Gasteiger partial charge in [-0.1, -0.05) is 33.6 Å². The first-order chi connectivity index (χ1) is 8.57. The van der Waals surface area contributed by atoms with Gasteiger partial charge in [-0.15, -0.1) is 12.4 Å². The molecule has 114 valence electrons. The Kier molecular flexibility index (Phi) is 7.13. The highest BCUT2D eigenvalue weighted by Crippen LogP contribution is 2.38. The zero-order valence-electron chi connectivity index (χ0n) is 13.0. The second-order valence-corrected chi connectivity index (χ2v) is 7.47. The Bertz CT molecular complexity index is 244. The van der Waals surface area contributed by atoms with E-state index >= 15 is 0 Å². The predicted octanol–water partition coefficient (Wildman–Crippen LogP) is 3.60. The lowest BCUT2D eigenvalue weighted by molar-refractivity contribution is 0.126. The second kappa shape index (κ2) is 7.85. The van der Waals surface area contributed by atoms with E-state index in [1.165, 1.54) is 58.2 Å². The van der Waals surface area contributed by atoms with Crippen LogP contribution in [0.1, 0.15) is 59.3 Å². The lowest BCUT2D eigenvalue weighted by Gasteiger charge is -2.41. The Labute approximate surface area is 125 Å². The summed E-state index contributed by atoms with van der Waals surface area (Å²) in [6, 6.07) is 0.772. The van der Waals surface area contributed by atoms with E-state index in [4.69, 9.17) is 0 Å². The van der Waals surface area contributed by atoms with E-state index < -0.39 is 0 Å². The molecule has 0 radical (unpaired) electrons. The standard InChI is InChI=1S/C16H32N2.ClH/c1-16(2,3)14-6-4-5-7-15(14)18-12-13-8-10-17-11-9-13;/h13-15,17-18H,4-12H2,1-3H3;1H. The molecule has 1 heterocycles. The van der Waals surface area contributed by atoms with Crippen molar-refractivity contribution < 1.29 is 0 Å². The zero-order chi connectivity index (χ0) is 13.0. The van der Waals surface area contributed by atoms with E-state index in [1.54, 1.807) is 0 Å². The number of piperidine rings is 1. The van der Waals surface area contributed by atoms with Crippen molar-refractivity contribution in [3.63, 3.8) is 0 Å². The van der Waals surface area contributed by atoms with E-state index in [1.807, 2.05) is 0 Å². The molecule has 19 heavy (non-hydrogen) atoms. The fourth-order valence-corrected chi connectivity index (χ4v) is 3.82. The van der Waals surface area contributed by atoms with Crippen LogP contribution in [0.25, 0.3) is 0 Å². The SMILES string of the molecule is CC(C)(C)C1CCCCC1NCC1CCNCC1.Cl. The van der Waals surface area contributed by atoms with Crippen LogP contribution in [0.2, 0.25) is 0 Å². The molecule has 2 fully saturated rings. The summed E-state index contributed by atoms with van der Waals surface area (Å²) < 4.78 is 0. The molecule has 0 aromatic carbocycles. The van der Waals surface area contributed by atoms with Crippen molar-refractivity contribution in [2.24, 2.45) is 17.3 Å². The third kappa shape index (κ3) is 5.24. The molecule has 0 spiro atoms. The maximum atomic E-state index is 3.92. The predicted molar refractivity (Wildman–Crippen MR) is 86.0 cm³/mol. The quantitative estimate of drug-likeness (QED) is 0.829. The van der Waals surface area contributed by atoms with Crippen LogP contribution in [0.3, 0.4) is 0 Å². The minimum atomic E-state index is 0. The molecular weight excluding hydrogens is 256 g/mol. The van der Waals surface area contributed by atoms with E-state index in [2.05, 4.69) is 31.4 Å². The van der Waals surface area contributed by atoms with Crippen LogP contribution >= 0.6 is 12.4 Å². The van der Waals surface area contributed by atoms with Crippen LogP contribution in [-0.2, 0) is 0 Å². The zero-order valence-corrected chi connectivity index (χ0v) is 13.8. The number of hydrogen-bond donors (Lipinski definition) is 2. The van der Waals surface area contributed by atoms with E-state index in [0.29, 0.717) is 5.41 Å². The molecule has 0 aromatic heterocycles. The highest BCUT2D eigenvalue weighted by Gasteiger charge is 2.34. The summed E-state index contributed by atoms with van der Waals surface area (Å²) in [5.74, 6) is 1.78. The second-order valence-electron chi connectivity index (χ2n) is 7.47. The Morgan fingerprint density at radius 1 is 1.00 bits per heavy atom. The molecule has 2 atom stereocenters. The van der Waals surface area contributed by atoms with Gasteiger partial charge in [-0.3, -0.25) is 0 Å². The molecule has 2 rings (SSSR count). The van der Waals surface area contributed by atoms with Gasteiger partial charge in [-0.25, -0.2) is 0 Å². The van der Waals surface area contributed by atoms with Crippen LogP contribution in [-0.4, -0.2) is 25.7 Å². The molecule has 1 saturated heterocycles. The van der Waals surface area contributed by atoms with Gasteiger partial charge < -0.3 is 10.6 Å². The van der Waals surface area contributed by atoms with Gasteiger partial charge in [0.05, 0.1) is 0 Å². The molecule has 3 heteroatoms. The first-order valence-electron chi connectivity index (χ1n) is 8.01. The third-order valence-corrected chi connectivity index (χ3v) is 5.01. The molecule has 2 unspecified atom stereocenters. The van der Waals surface area contributed by atoms with E-state index in [0.717, 1.165) is 17.9 Å². The van der Waals surface area contributed by atoms with Gasteiger partial charge in [-0.05, 0) is 62.6 Å². The van der Waals surface area contributed by atoms with Crippen molar-refractivity contribution in [2.75, 3.05) is 19.6 Å². The molecule has 0 amide bonds. The maximum Gasteiger partial charge on any atom is 0.0100 e. The molecule has 1 saturated carbocycles. The summed E-state index contributed by atoms with van der Waals surface area (Å²) in [6.07, 6.45) is 8.41. The van der Waals surface area contributed by atoms with Crippen molar-refractivity contribution in [1.82, 2.24) is 10.6 Å². The summed E-state index contributed by atoms with van der Waals surface area (Å²) in [5, 5.41) is 7.38. The topological polar surface area (TPSA) is 24.1 Å². The van der Waals surface area contributed by atoms with Gasteiger partial charge in [0.1, 0.15) is 0 Å². The maximum absolute atomic E-state index is 3.92. The van der Waals surface area contributed by atoms with Crippen molar-refractivity contribution in [2.45, 2.75) is 65.3 Å². The summed E-state index contributed by atoms with van der Waals surface area (Å²) in [5.41, 5.74) is 0.464. The fourth-order valence-electron chi connectivity index (χ4n) is 3.82. The average Bonchev–Trinajstić information content (AvgIpc) is 2.37. The smallest absolute Gasteiger partial charge is 0.0100 e. The van der Waals surface area contributed by atoms with Gasteiger partial charge in [0.2, 0.25) is 0 Å². The Balaban J connectivity index is 0.00000180. The summed E-state index contributed by atoms with van der Waals surface area (Å²) in [7, 11) is 0. The van der Waals surface area contributed by atoms with Gasteiger partial charge in [0.25, 0.3) is 0 Å². The number of rotatable bonds is 3. The van der Waals surface area contributed by atoms with E-state index in [-0.39, 0.29) is 12.4 Å². The number of nitrogens with one attached hydrogen (secondary N) is 2. The molecule has 2 aliphatic rings. The Hall–Kier alpha value is 0.210. The highest BCUT2D eigenvalue weighted by atomic mass is 35.5. The highest BCUT2D eigenvalue weighted by molar-refractivity contribution is 5.85. The molecule has 0 bridgehead atoms. The van der Waals surface area contributed by atoms with Crippen LogP contribution in [0.5, 0.6) is 0 Å². The third-order valence-electron chi connectivity index (χ3n) is 5.01. The molecular formula is C16H33ClN2. The molecule has 1 aliphatic heterocycles. The summed E-state index contributed by atoms with van der Waals surface area (Å²) in [6.45, 7) is 10.9. The molecule has 0 aromatic rings. The molecule has 1 aliphatic carbocycles. The van der Waals surface area contributed by atoms with Crippen LogP contribution in [0, 0.1) is 17.3 Å². The van der Waals surface area contributed by atoms with Gasteiger partial charge in [-0.2, -0.15) is 0 Å². The lowest BCUT2D eigenvalue weighted by Crippen LogP contribution is -2.46. The van der Waals surface area contributed by atoms with Crippen LogP contribution in [0.15, 0.2) is 0 Å².